The van der Waals surface area contributed by atoms with E-state index in [4.69, 9.17) is 14.2 Å². The normalized spacial score (nSPS) is 11.1. The number of para-hydroxylation sites is 1. The molecule has 0 radical (unpaired) electrons. The molecule has 1 heterocycles. The highest BCUT2D eigenvalue weighted by Gasteiger charge is 2.20. The summed E-state index contributed by atoms with van der Waals surface area (Å²) in [4.78, 5) is 12.9. The molecule has 0 atom stereocenters. The van der Waals surface area contributed by atoms with Crippen molar-refractivity contribution >= 4 is 23.0 Å². The number of benzene rings is 4. The molecule has 0 spiro atoms. The number of nitrogens with zero attached hydrogens (tertiary/aromatic N) is 2. The van der Waals surface area contributed by atoms with Crippen LogP contribution >= 0.6 is 0 Å². The Bertz CT molecular complexity index is 1640. The van der Waals surface area contributed by atoms with Crippen molar-refractivity contribution in [3.8, 4) is 39.6 Å². The van der Waals surface area contributed by atoms with Crippen LogP contribution in [0.1, 0.15) is 12.0 Å². The third kappa shape index (κ3) is 5.40. The lowest BCUT2D eigenvalue weighted by Gasteiger charge is -2.13. The molecule has 0 bridgehead atoms. The lowest BCUT2D eigenvalue weighted by Crippen LogP contribution is -2.19. The van der Waals surface area contributed by atoms with Gasteiger partial charge in [0.25, 0.3) is 0 Å². The Hall–Kier alpha value is -5.04. The van der Waals surface area contributed by atoms with Gasteiger partial charge in [-0.05, 0) is 23.3 Å². The number of aryl methyl sites for hydroxylation is 1. The van der Waals surface area contributed by atoms with Crippen LogP contribution in [0.5, 0.6) is 17.2 Å². The Morgan fingerprint density at radius 2 is 1.38 bits per heavy atom. The molecule has 0 fully saturated rings. The summed E-state index contributed by atoms with van der Waals surface area (Å²) in [6.45, 7) is 0.485. The van der Waals surface area contributed by atoms with E-state index in [-0.39, 0.29) is 12.3 Å². The number of carbonyl (C=O) groups is 1. The Morgan fingerprint density at radius 1 is 0.775 bits per heavy atom. The van der Waals surface area contributed by atoms with Crippen molar-refractivity contribution in [2.24, 2.45) is 5.10 Å². The zero-order valence-corrected chi connectivity index (χ0v) is 22.8. The summed E-state index contributed by atoms with van der Waals surface area (Å²) in [7, 11) is 4.68. The summed E-state index contributed by atoms with van der Waals surface area (Å²) >= 11 is 0. The predicted molar refractivity (Wildman–Crippen MR) is 159 cm³/mol. The molecule has 4 aromatic carbocycles. The van der Waals surface area contributed by atoms with Crippen LogP contribution in [0.4, 0.5) is 0 Å². The fourth-order valence-electron chi connectivity index (χ4n) is 4.93. The zero-order valence-electron chi connectivity index (χ0n) is 22.8. The van der Waals surface area contributed by atoms with E-state index in [0.717, 1.165) is 33.3 Å². The van der Waals surface area contributed by atoms with Crippen molar-refractivity contribution in [1.82, 2.24) is 9.99 Å². The number of hydrazone groups is 1. The lowest BCUT2D eigenvalue weighted by atomic mass is 9.98. The van der Waals surface area contributed by atoms with Gasteiger partial charge in [-0.1, -0.05) is 78.9 Å². The van der Waals surface area contributed by atoms with E-state index in [0.29, 0.717) is 29.4 Å². The molecular formula is C33H31N3O4. The molecule has 0 aliphatic rings. The lowest BCUT2D eigenvalue weighted by molar-refractivity contribution is -0.121. The summed E-state index contributed by atoms with van der Waals surface area (Å²) in [6.07, 6.45) is 1.78. The highest BCUT2D eigenvalue weighted by Crippen LogP contribution is 2.41. The second-order valence-corrected chi connectivity index (χ2v) is 9.12. The number of fused-ring (bicyclic) bond motifs is 1. The van der Waals surface area contributed by atoms with Crippen molar-refractivity contribution in [3.63, 3.8) is 0 Å². The molecule has 7 heteroatoms. The van der Waals surface area contributed by atoms with Crippen molar-refractivity contribution in [3.05, 3.63) is 103 Å². The Morgan fingerprint density at radius 3 is 2.05 bits per heavy atom. The Kier molecular flexibility index (Phi) is 8.11. The molecule has 1 aromatic heterocycles. The first kappa shape index (κ1) is 26.6. The minimum absolute atomic E-state index is 0.200. The van der Waals surface area contributed by atoms with E-state index in [2.05, 4.69) is 69.7 Å². The van der Waals surface area contributed by atoms with Crippen LogP contribution < -0.4 is 19.6 Å². The third-order valence-corrected chi connectivity index (χ3v) is 6.77. The molecular weight excluding hydrogens is 502 g/mol. The second kappa shape index (κ2) is 12.2. The van der Waals surface area contributed by atoms with Gasteiger partial charge in [0, 0.05) is 41.1 Å². The van der Waals surface area contributed by atoms with Gasteiger partial charge in [-0.2, -0.15) is 5.10 Å². The topological polar surface area (TPSA) is 74.1 Å². The van der Waals surface area contributed by atoms with Crippen molar-refractivity contribution in [1.29, 1.82) is 0 Å². The molecule has 5 rings (SSSR count). The third-order valence-electron chi connectivity index (χ3n) is 6.77. The average molecular weight is 534 g/mol. The first-order valence-electron chi connectivity index (χ1n) is 13.0. The first-order chi connectivity index (χ1) is 19.6. The van der Waals surface area contributed by atoms with E-state index >= 15 is 0 Å². The maximum absolute atomic E-state index is 12.9. The van der Waals surface area contributed by atoms with Crippen LogP contribution in [0.25, 0.3) is 33.3 Å². The molecule has 202 valence electrons. The quantitative estimate of drug-likeness (QED) is 0.163. The van der Waals surface area contributed by atoms with Gasteiger partial charge in [0.1, 0.15) is 5.75 Å². The second-order valence-electron chi connectivity index (χ2n) is 9.12. The summed E-state index contributed by atoms with van der Waals surface area (Å²) in [5, 5.41) is 5.32. The van der Waals surface area contributed by atoms with E-state index < -0.39 is 0 Å². The van der Waals surface area contributed by atoms with E-state index in [1.54, 1.807) is 33.5 Å². The SMILES string of the molecule is COc1cc(OC)c(OC)cc1/C=N\NC(=O)CCn1c(-c2ccccc2)c(-c2ccccc2)c2ccccc21. The van der Waals surface area contributed by atoms with Gasteiger partial charge < -0.3 is 18.8 Å². The molecule has 0 aliphatic carbocycles. The fraction of sp³-hybridized carbons (Fsp3) is 0.152. The molecule has 40 heavy (non-hydrogen) atoms. The molecule has 5 aromatic rings. The monoisotopic (exact) mass is 533 g/mol. The standard InChI is InChI=1S/C33H31N3O4/c1-38-28-21-30(40-3)29(39-2)20-25(28)22-34-35-31(37)18-19-36-27-17-11-10-16-26(27)32(23-12-6-4-7-13-23)33(36)24-14-8-5-9-15-24/h4-17,20-22H,18-19H2,1-3H3,(H,35,37)/b34-22-. The number of hydrogen-bond acceptors (Lipinski definition) is 5. The summed E-state index contributed by atoms with van der Waals surface area (Å²) < 4.78 is 18.4. The smallest absolute Gasteiger partial charge is 0.241 e. The molecule has 1 N–H and O–H groups in total. The van der Waals surface area contributed by atoms with Gasteiger partial charge in [0.2, 0.25) is 5.91 Å². The van der Waals surface area contributed by atoms with Crippen LogP contribution in [-0.2, 0) is 11.3 Å². The first-order valence-corrected chi connectivity index (χ1v) is 13.0. The maximum Gasteiger partial charge on any atom is 0.241 e. The van der Waals surface area contributed by atoms with Crippen molar-refractivity contribution in [2.75, 3.05) is 21.3 Å². The van der Waals surface area contributed by atoms with Crippen LogP contribution in [0.3, 0.4) is 0 Å². The average Bonchev–Trinajstić information content (AvgIpc) is 3.34. The van der Waals surface area contributed by atoms with Gasteiger partial charge in [0.15, 0.2) is 11.5 Å². The number of nitrogens with one attached hydrogen (secondary N) is 1. The van der Waals surface area contributed by atoms with E-state index in [1.807, 2.05) is 30.3 Å². The maximum atomic E-state index is 12.9. The van der Waals surface area contributed by atoms with Gasteiger partial charge >= 0.3 is 0 Å². The minimum atomic E-state index is -0.200. The highest BCUT2D eigenvalue weighted by molar-refractivity contribution is 6.04. The Balaban J connectivity index is 1.43. The number of aromatic nitrogens is 1. The highest BCUT2D eigenvalue weighted by atomic mass is 16.5. The summed E-state index contributed by atoms with van der Waals surface area (Å²) in [6, 6.07) is 32.5. The summed E-state index contributed by atoms with van der Waals surface area (Å²) in [5.74, 6) is 1.44. The molecule has 0 saturated carbocycles. The molecule has 0 saturated heterocycles. The number of ether oxygens (including phenoxy) is 3. The fourth-order valence-corrected chi connectivity index (χ4v) is 4.93. The van der Waals surface area contributed by atoms with Crippen LogP contribution in [0.2, 0.25) is 0 Å². The molecule has 7 nitrogen and oxygen atoms in total. The van der Waals surface area contributed by atoms with Gasteiger partial charge in [0.05, 0.1) is 33.2 Å². The minimum Gasteiger partial charge on any atom is -0.496 e. The number of carbonyl (C=O) groups excluding carboxylic acids is 1. The van der Waals surface area contributed by atoms with Gasteiger partial charge in [-0.3, -0.25) is 4.79 Å². The number of rotatable bonds is 10. The number of amides is 1. The van der Waals surface area contributed by atoms with Crippen LogP contribution in [0, 0.1) is 0 Å². The van der Waals surface area contributed by atoms with Crippen molar-refractivity contribution < 1.29 is 19.0 Å². The zero-order chi connectivity index (χ0) is 27.9. The summed E-state index contributed by atoms with van der Waals surface area (Å²) in [5.41, 5.74) is 8.84. The van der Waals surface area contributed by atoms with E-state index in [9.17, 15) is 4.79 Å². The van der Waals surface area contributed by atoms with Crippen LogP contribution in [0.15, 0.2) is 102 Å². The largest absolute Gasteiger partial charge is 0.496 e. The van der Waals surface area contributed by atoms with E-state index in [1.165, 1.54) is 6.21 Å². The van der Waals surface area contributed by atoms with Crippen molar-refractivity contribution in [2.45, 2.75) is 13.0 Å². The Labute approximate surface area is 233 Å². The van der Waals surface area contributed by atoms with Gasteiger partial charge in [-0.15, -0.1) is 0 Å². The molecule has 0 unspecified atom stereocenters. The molecule has 1 amide bonds. The molecule has 0 aliphatic heterocycles. The number of methoxy groups -OCH3 is 3. The van der Waals surface area contributed by atoms with Crippen LogP contribution in [-0.4, -0.2) is 38.0 Å². The number of hydrogen-bond donors (Lipinski definition) is 1. The van der Waals surface area contributed by atoms with Gasteiger partial charge in [-0.25, -0.2) is 5.43 Å². The predicted octanol–water partition coefficient (Wildman–Crippen LogP) is 6.54.